The molecule has 53 heavy (non-hydrogen) atoms. The Labute approximate surface area is 322 Å². The molecule has 4 aromatic rings. The second-order valence-electron chi connectivity index (χ2n) is 13.7. The fourth-order valence-electron chi connectivity index (χ4n) is 7.31. The normalized spacial score (nSPS) is 17.4. The zero-order chi connectivity index (χ0) is 35.3. The first kappa shape index (κ1) is 34.2. The first-order chi connectivity index (χ1) is 25.4. The summed E-state index contributed by atoms with van der Waals surface area (Å²) < 4.78 is 8.26. The minimum Gasteiger partial charge on any atom is -0.280 e. The van der Waals surface area contributed by atoms with E-state index in [0.29, 0.717) is 0 Å². The number of hydrogen-bond acceptors (Lipinski definition) is 2. The van der Waals surface area contributed by atoms with Crippen molar-refractivity contribution >= 4 is 33.7 Å². The number of aromatic nitrogens is 4. The van der Waals surface area contributed by atoms with Gasteiger partial charge in [0.2, 0.25) is 0 Å². The van der Waals surface area contributed by atoms with E-state index in [1.807, 2.05) is 28.2 Å². The maximum Gasteiger partial charge on any atom is 2.00 e. The molecule has 250 valence electrons. The van der Waals surface area contributed by atoms with Crippen LogP contribution in [-0.4, -0.2) is 11.4 Å². The van der Waals surface area contributed by atoms with Gasteiger partial charge in [0, 0.05) is 95.1 Å². The molecule has 8 nitrogen and oxygen atoms in total. The Hall–Kier alpha value is -5.86. The Balaban J connectivity index is 0.00000400. The number of pyridine rings is 4. The Morgan fingerprint density at radius 3 is 1.06 bits per heavy atom. The maximum atomic E-state index is 5.43. The molecule has 4 aromatic heterocycles. The third kappa shape index (κ3) is 6.44. The van der Waals surface area contributed by atoms with Crippen LogP contribution in [0.5, 0.6) is 0 Å². The molecule has 0 amide bonds. The number of allylic oxidation sites excluding steroid dienone is 12. The molecule has 0 fully saturated rings. The van der Waals surface area contributed by atoms with Crippen LogP contribution in [0.1, 0.15) is 22.3 Å². The van der Waals surface area contributed by atoms with Crippen LogP contribution >= 0.6 is 0 Å². The van der Waals surface area contributed by atoms with Gasteiger partial charge in [0.05, 0.1) is 45.1 Å². The van der Waals surface area contributed by atoms with E-state index in [2.05, 4.69) is 176 Å². The smallest absolute Gasteiger partial charge is 0.280 e. The zero-order valence-corrected chi connectivity index (χ0v) is 33.4. The first-order valence-corrected chi connectivity index (χ1v) is 17.5. The van der Waals surface area contributed by atoms with Gasteiger partial charge in [-0.25, -0.2) is 28.3 Å². The van der Waals surface area contributed by atoms with Crippen LogP contribution in [0.4, 0.5) is 0 Å². The molecular weight excluding hydrogens is 706 g/mol. The minimum absolute atomic E-state index is 0. The maximum absolute atomic E-state index is 5.43. The summed E-state index contributed by atoms with van der Waals surface area (Å²) in [4.78, 5) is 10.9. The van der Waals surface area contributed by atoms with Crippen LogP contribution in [0.15, 0.2) is 191 Å². The van der Waals surface area contributed by atoms with E-state index in [4.69, 9.17) is 9.98 Å². The molecule has 0 atom stereocenters. The van der Waals surface area contributed by atoms with Gasteiger partial charge in [-0.1, -0.05) is 0 Å². The van der Waals surface area contributed by atoms with Crippen molar-refractivity contribution < 1.29 is 48.4 Å². The summed E-state index contributed by atoms with van der Waals surface area (Å²) in [7, 11) is 8.19. The molecule has 0 unspecified atom stereocenters. The zero-order valence-electron chi connectivity index (χ0n) is 30.4. The molecular formula is C44H40N8Zn+8. The van der Waals surface area contributed by atoms with Crippen molar-refractivity contribution in [3.8, 4) is 0 Å². The number of nitrogens with two attached hydrogens (primary N) is 2. The van der Waals surface area contributed by atoms with Gasteiger partial charge in [-0.3, -0.25) is 10.6 Å². The number of nitrogens with zero attached hydrogens (tertiary/aromatic N) is 6. The van der Waals surface area contributed by atoms with Gasteiger partial charge in [0.15, 0.2) is 49.6 Å². The van der Waals surface area contributed by atoms with Crippen LogP contribution in [0.3, 0.4) is 0 Å². The van der Waals surface area contributed by atoms with Gasteiger partial charge in [-0.15, -0.1) is 0 Å². The fourth-order valence-corrected chi connectivity index (χ4v) is 7.31. The van der Waals surface area contributed by atoms with Gasteiger partial charge >= 0.3 is 19.5 Å². The number of aliphatic imine (C=N–C) groups is 2. The van der Waals surface area contributed by atoms with Crippen molar-refractivity contribution in [1.82, 2.24) is 0 Å². The Morgan fingerprint density at radius 2 is 0.717 bits per heavy atom. The predicted molar refractivity (Wildman–Crippen MR) is 200 cm³/mol. The van der Waals surface area contributed by atoms with Crippen LogP contribution in [0.25, 0.3) is 22.3 Å². The van der Waals surface area contributed by atoms with E-state index in [1.54, 1.807) is 0 Å². The van der Waals surface area contributed by atoms with Crippen molar-refractivity contribution in [3.05, 3.63) is 203 Å². The second kappa shape index (κ2) is 13.9. The van der Waals surface area contributed by atoms with Gasteiger partial charge < -0.3 is 0 Å². The Bertz CT molecular complexity index is 2360. The van der Waals surface area contributed by atoms with Crippen LogP contribution in [0, 0.1) is 0 Å². The van der Waals surface area contributed by atoms with E-state index in [1.165, 1.54) is 0 Å². The topological polar surface area (TPSA) is 73.5 Å². The van der Waals surface area contributed by atoms with Gasteiger partial charge in [0.1, 0.15) is 51.0 Å². The molecule has 0 spiro atoms. The van der Waals surface area contributed by atoms with E-state index >= 15 is 0 Å². The molecule has 5 aliphatic heterocycles. The van der Waals surface area contributed by atoms with E-state index < -0.39 is 0 Å². The van der Waals surface area contributed by atoms with E-state index in [9.17, 15) is 0 Å². The molecule has 0 saturated heterocycles. The SMILES string of the molecule is C[n+]1ccc(C2=C3C=CC(=N3)C(c3cc[n+](C)cc3)=C3C=CC(=C(c4cc[n+](C)cc4)C4=NC(=C(c5cc[n+](C)cc5)C5=CC=C2[NH2+]5)C=C4)[NH2+]3)cc1.[Zn+2]. The number of rotatable bonds is 4. The standard InChI is InChI=1S/C44H37N8.Zn/c1-49-21-13-29(14-22-49)41-33-5-7-35(45-33)42(30-15-23-50(2)24-16-30)37-9-11-39(47-37)44(32-19-27-52(4)28-20-32)40-12-10-38(48-40)43(36-8-6-34(41)46-36)31-17-25-51(3)26-18-31;/h5-28H,1-4H3,(H,45,46,47,48);/q+3;+2/p+3. The van der Waals surface area contributed by atoms with Crippen molar-refractivity contribution in [2.24, 2.45) is 38.2 Å². The van der Waals surface area contributed by atoms with Crippen LogP contribution in [-0.2, 0) is 47.7 Å². The summed E-state index contributed by atoms with van der Waals surface area (Å²) in [6, 6.07) is 17.4. The Morgan fingerprint density at radius 1 is 0.396 bits per heavy atom. The van der Waals surface area contributed by atoms with Crippen molar-refractivity contribution in [3.63, 3.8) is 0 Å². The summed E-state index contributed by atoms with van der Waals surface area (Å²) in [5, 5.41) is 4.59. The van der Waals surface area contributed by atoms with Crippen molar-refractivity contribution in [2.45, 2.75) is 0 Å². The van der Waals surface area contributed by atoms with E-state index in [0.717, 1.165) is 90.2 Å². The molecule has 9 rings (SSSR count). The molecule has 5 aliphatic rings. The average molecular weight is 746 g/mol. The quantitative estimate of drug-likeness (QED) is 0.238. The summed E-state index contributed by atoms with van der Waals surface area (Å²) >= 11 is 0. The number of aryl methyl sites for hydroxylation is 4. The minimum atomic E-state index is 0. The van der Waals surface area contributed by atoms with Gasteiger partial charge in [-0.05, 0) is 24.3 Å². The number of fused-ring (bicyclic) bond motifs is 6. The monoisotopic (exact) mass is 744 g/mol. The average Bonchev–Trinajstić information content (AvgIpc) is 3.99. The molecule has 4 N–H and O–H groups in total. The summed E-state index contributed by atoms with van der Waals surface area (Å²) in [5.41, 5.74) is 17.0. The van der Waals surface area contributed by atoms with Crippen molar-refractivity contribution in [2.75, 3.05) is 0 Å². The first-order valence-electron chi connectivity index (χ1n) is 17.5. The second-order valence-corrected chi connectivity index (χ2v) is 13.7. The van der Waals surface area contributed by atoms with Crippen LogP contribution < -0.4 is 28.9 Å². The third-order valence-electron chi connectivity index (χ3n) is 10.0. The molecule has 8 bridgehead atoms. The summed E-state index contributed by atoms with van der Waals surface area (Å²) in [6.45, 7) is 0. The molecule has 0 aliphatic carbocycles. The van der Waals surface area contributed by atoms with E-state index in [-0.39, 0.29) is 19.5 Å². The van der Waals surface area contributed by atoms with Gasteiger partial charge in [-0.2, -0.15) is 0 Å². The predicted octanol–water partition coefficient (Wildman–Crippen LogP) is 2.44. The molecule has 0 radical (unpaired) electrons. The molecule has 0 saturated carbocycles. The van der Waals surface area contributed by atoms with Crippen molar-refractivity contribution in [1.29, 1.82) is 0 Å². The fraction of sp³-hybridized carbons (Fsp3) is 0.0909. The Kier molecular flexibility index (Phi) is 9.00. The molecule has 0 aromatic carbocycles. The van der Waals surface area contributed by atoms with Crippen LogP contribution in [0.2, 0.25) is 0 Å². The number of hydrogen-bond donors (Lipinski definition) is 2. The largest absolute Gasteiger partial charge is 2.00 e. The summed E-state index contributed by atoms with van der Waals surface area (Å²) in [6.07, 6.45) is 34.4. The van der Waals surface area contributed by atoms with Gasteiger partial charge in [0.25, 0.3) is 0 Å². The third-order valence-corrected chi connectivity index (χ3v) is 10.0. The summed E-state index contributed by atoms with van der Waals surface area (Å²) in [5.74, 6) is 0. The molecule has 9 heteroatoms. The number of quaternary nitrogens is 2. The molecule has 9 heterocycles.